The maximum absolute atomic E-state index is 9.73. The van der Waals surface area contributed by atoms with Crippen LogP contribution in [0.3, 0.4) is 0 Å². The van der Waals surface area contributed by atoms with Crippen molar-refractivity contribution in [2.45, 2.75) is 13.8 Å². The predicted octanol–water partition coefficient (Wildman–Crippen LogP) is 2.52. The van der Waals surface area contributed by atoms with Crippen LogP contribution in [-0.2, 0) is 0 Å². The van der Waals surface area contributed by atoms with Crippen LogP contribution in [0.1, 0.15) is 11.4 Å². The molecule has 0 aliphatic heterocycles. The standard InChI is InChI=1S/C14H12N4O2/c1-8-5-10(6-9(2)16-8)13-17-14(20-18-13)11-3-4-15-7-12(11)19/h3-7,19H,1-2H3. The topological polar surface area (TPSA) is 84.9 Å². The molecule has 0 atom stereocenters. The Kier molecular flexibility index (Phi) is 2.90. The molecule has 0 bridgehead atoms. The van der Waals surface area contributed by atoms with Crippen molar-refractivity contribution in [1.29, 1.82) is 0 Å². The van der Waals surface area contributed by atoms with Crippen LogP contribution in [-0.4, -0.2) is 25.2 Å². The first-order valence-electron chi connectivity index (χ1n) is 6.06. The Morgan fingerprint density at radius 3 is 2.55 bits per heavy atom. The zero-order chi connectivity index (χ0) is 14.1. The number of aromatic hydroxyl groups is 1. The highest BCUT2D eigenvalue weighted by Gasteiger charge is 2.14. The lowest BCUT2D eigenvalue weighted by atomic mass is 10.2. The van der Waals surface area contributed by atoms with Crippen LogP contribution in [0.5, 0.6) is 5.75 Å². The van der Waals surface area contributed by atoms with Gasteiger partial charge in [-0.15, -0.1) is 0 Å². The lowest BCUT2D eigenvalue weighted by Gasteiger charge is -1.99. The minimum Gasteiger partial charge on any atom is -0.505 e. The van der Waals surface area contributed by atoms with Gasteiger partial charge in [-0.05, 0) is 32.0 Å². The number of rotatable bonds is 2. The first-order valence-corrected chi connectivity index (χ1v) is 6.06. The molecular weight excluding hydrogens is 256 g/mol. The largest absolute Gasteiger partial charge is 0.505 e. The number of aryl methyl sites for hydroxylation is 2. The van der Waals surface area contributed by atoms with Crippen molar-refractivity contribution in [3.05, 3.63) is 42.0 Å². The first kappa shape index (κ1) is 12.3. The summed E-state index contributed by atoms with van der Waals surface area (Å²) in [4.78, 5) is 12.4. The maximum Gasteiger partial charge on any atom is 0.262 e. The van der Waals surface area contributed by atoms with Crippen molar-refractivity contribution in [3.63, 3.8) is 0 Å². The molecule has 3 heterocycles. The van der Waals surface area contributed by atoms with Gasteiger partial charge in [-0.2, -0.15) is 4.98 Å². The summed E-state index contributed by atoms with van der Waals surface area (Å²) in [7, 11) is 0. The molecule has 1 N–H and O–H groups in total. The molecule has 0 saturated carbocycles. The van der Waals surface area contributed by atoms with Crippen molar-refractivity contribution in [3.8, 4) is 28.6 Å². The van der Waals surface area contributed by atoms with E-state index >= 15 is 0 Å². The third-order valence-corrected chi connectivity index (χ3v) is 2.80. The second kappa shape index (κ2) is 4.73. The monoisotopic (exact) mass is 268 g/mol. The molecule has 0 radical (unpaired) electrons. The summed E-state index contributed by atoms with van der Waals surface area (Å²) in [6, 6.07) is 5.39. The van der Waals surface area contributed by atoms with Gasteiger partial charge in [0.2, 0.25) is 5.82 Å². The third kappa shape index (κ3) is 2.23. The van der Waals surface area contributed by atoms with Crippen molar-refractivity contribution >= 4 is 0 Å². The highest BCUT2D eigenvalue weighted by atomic mass is 16.5. The summed E-state index contributed by atoms with van der Waals surface area (Å²) < 4.78 is 5.20. The fourth-order valence-corrected chi connectivity index (χ4v) is 1.98. The zero-order valence-corrected chi connectivity index (χ0v) is 11.0. The first-order chi connectivity index (χ1) is 9.63. The Morgan fingerprint density at radius 1 is 1.10 bits per heavy atom. The smallest absolute Gasteiger partial charge is 0.262 e. The van der Waals surface area contributed by atoms with E-state index in [0.717, 1.165) is 17.0 Å². The summed E-state index contributed by atoms with van der Waals surface area (Å²) in [5, 5.41) is 13.7. The maximum atomic E-state index is 9.73. The van der Waals surface area contributed by atoms with Crippen LogP contribution in [0.4, 0.5) is 0 Å². The molecule has 3 aromatic rings. The Morgan fingerprint density at radius 2 is 1.85 bits per heavy atom. The van der Waals surface area contributed by atoms with E-state index in [4.69, 9.17) is 4.52 Å². The van der Waals surface area contributed by atoms with Crippen molar-refractivity contribution in [2.24, 2.45) is 0 Å². The summed E-state index contributed by atoms with van der Waals surface area (Å²) in [5.74, 6) is 0.724. The number of nitrogens with zero attached hydrogens (tertiary/aromatic N) is 4. The van der Waals surface area contributed by atoms with Crippen LogP contribution < -0.4 is 0 Å². The quantitative estimate of drug-likeness (QED) is 0.768. The van der Waals surface area contributed by atoms with Gasteiger partial charge in [0.15, 0.2) is 0 Å². The lowest BCUT2D eigenvalue weighted by molar-refractivity contribution is 0.425. The molecule has 0 unspecified atom stereocenters. The van der Waals surface area contributed by atoms with E-state index < -0.39 is 0 Å². The Labute approximate surface area is 115 Å². The van der Waals surface area contributed by atoms with Crippen molar-refractivity contribution < 1.29 is 9.63 Å². The number of hydrogen-bond donors (Lipinski definition) is 1. The van der Waals surface area contributed by atoms with Crippen LogP contribution in [0.25, 0.3) is 22.8 Å². The van der Waals surface area contributed by atoms with E-state index in [-0.39, 0.29) is 11.6 Å². The molecule has 6 heteroatoms. The van der Waals surface area contributed by atoms with Gasteiger partial charge in [-0.3, -0.25) is 9.97 Å². The fourth-order valence-electron chi connectivity index (χ4n) is 1.98. The second-order valence-electron chi connectivity index (χ2n) is 4.45. The Balaban J connectivity index is 2.04. The highest BCUT2D eigenvalue weighted by molar-refractivity contribution is 5.64. The zero-order valence-electron chi connectivity index (χ0n) is 11.0. The molecule has 3 rings (SSSR count). The van der Waals surface area contributed by atoms with E-state index in [1.807, 2.05) is 26.0 Å². The molecule has 0 fully saturated rings. The van der Waals surface area contributed by atoms with Gasteiger partial charge < -0.3 is 9.63 Å². The molecule has 0 aliphatic carbocycles. The van der Waals surface area contributed by atoms with Gasteiger partial charge in [0.05, 0.1) is 11.8 Å². The van der Waals surface area contributed by atoms with Crippen molar-refractivity contribution in [2.75, 3.05) is 0 Å². The van der Waals surface area contributed by atoms with Crippen LogP contribution in [0.2, 0.25) is 0 Å². The number of aromatic nitrogens is 4. The molecule has 0 aromatic carbocycles. The second-order valence-corrected chi connectivity index (χ2v) is 4.45. The molecule has 0 saturated heterocycles. The summed E-state index contributed by atoms with van der Waals surface area (Å²) >= 11 is 0. The molecule has 6 nitrogen and oxygen atoms in total. The molecule has 100 valence electrons. The van der Waals surface area contributed by atoms with Crippen LogP contribution in [0.15, 0.2) is 35.1 Å². The molecule has 3 aromatic heterocycles. The van der Waals surface area contributed by atoms with Crippen LogP contribution >= 0.6 is 0 Å². The Hall–Kier alpha value is -2.76. The molecule has 0 spiro atoms. The van der Waals surface area contributed by atoms with E-state index in [2.05, 4.69) is 20.1 Å². The summed E-state index contributed by atoms with van der Waals surface area (Å²) in [5.41, 5.74) is 3.07. The van der Waals surface area contributed by atoms with Crippen molar-refractivity contribution in [1.82, 2.24) is 20.1 Å². The Bertz CT molecular complexity index is 747. The van der Waals surface area contributed by atoms with E-state index in [9.17, 15) is 5.11 Å². The average molecular weight is 268 g/mol. The van der Waals surface area contributed by atoms with E-state index in [1.54, 1.807) is 12.3 Å². The molecule has 0 aliphatic rings. The minimum atomic E-state index is 0.00443. The van der Waals surface area contributed by atoms with Gasteiger partial charge in [0.25, 0.3) is 5.89 Å². The summed E-state index contributed by atoms with van der Waals surface area (Å²) in [6.45, 7) is 3.82. The SMILES string of the molecule is Cc1cc(-c2noc(-c3ccncc3O)n2)cc(C)n1. The normalized spacial score (nSPS) is 10.7. The van der Waals surface area contributed by atoms with Crippen LogP contribution in [0, 0.1) is 13.8 Å². The van der Waals surface area contributed by atoms with Gasteiger partial charge in [0, 0.05) is 23.1 Å². The number of hydrogen-bond acceptors (Lipinski definition) is 6. The van der Waals surface area contributed by atoms with Gasteiger partial charge in [-0.1, -0.05) is 5.16 Å². The summed E-state index contributed by atoms with van der Waals surface area (Å²) in [6.07, 6.45) is 2.89. The predicted molar refractivity (Wildman–Crippen MR) is 71.9 cm³/mol. The number of pyridine rings is 2. The lowest BCUT2D eigenvalue weighted by Crippen LogP contribution is -1.89. The van der Waals surface area contributed by atoms with Gasteiger partial charge in [0.1, 0.15) is 5.75 Å². The van der Waals surface area contributed by atoms with E-state index in [0.29, 0.717) is 11.4 Å². The third-order valence-electron chi connectivity index (χ3n) is 2.80. The minimum absolute atomic E-state index is 0.00443. The van der Waals surface area contributed by atoms with Gasteiger partial charge >= 0.3 is 0 Å². The highest BCUT2D eigenvalue weighted by Crippen LogP contribution is 2.28. The van der Waals surface area contributed by atoms with E-state index in [1.165, 1.54) is 6.20 Å². The molecule has 0 amide bonds. The average Bonchev–Trinajstić information content (AvgIpc) is 2.87. The molecular formula is C14H12N4O2. The fraction of sp³-hybridized carbons (Fsp3) is 0.143. The molecule has 20 heavy (non-hydrogen) atoms. The van der Waals surface area contributed by atoms with Gasteiger partial charge in [-0.25, -0.2) is 0 Å².